The van der Waals surface area contributed by atoms with Crippen LogP contribution in [0.3, 0.4) is 0 Å². The third kappa shape index (κ3) is 3.88. The Morgan fingerprint density at radius 3 is 2.38 bits per heavy atom. The molecule has 7 nitrogen and oxygen atoms in total. The van der Waals surface area contributed by atoms with E-state index in [1.807, 2.05) is 83.4 Å². The summed E-state index contributed by atoms with van der Waals surface area (Å²) in [5.74, 6) is 0.456. The van der Waals surface area contributed by atoms with Gasteiger partial charge in [-0.25, -0.2) is 0 Å². The predicted octanol–water partition coefficient (Wildman–Crippen LogP) is 4.01. The number of fused-ring (bicyclic) bond motifs is 1. The number of amides is 2. The molecule has 0 spiro atoms. The highest BCUT2D eigenvalue weighted by molar-refractivity contribution is 7.99. The number of benzene rings is 3. The lowest BCUT2D eigenvalue weighted by molar-refractivity contribution is -0.120. The van der Waals surface area contributed by atoms with Crippen molar-refractivity contribution in [3.63, 3.8) is 0 Å². The number of carbonyl (C=O) groups is 2. The van der Waals surface area contributed by atoms with Gasteiger partial charge in [-0.05, 0) is 24.3 Å². The van der Waals surface area contributed by atoms with Gasteiger partial charge in [0.2, 0.25) is 11.8 Å². The van der Waals surface area contributed by atoms with Crippen LogP contribution in [0.4, 0.5) is 11.4 Å². The van der Waals surface area contributed by atoms with E-state index in [2.05, 4.69) is 15.5 Å². The first-order valence-electron chi connectivity index (χ1n) is 10.1. The van der Waals surface area contributed by atoms with Gasteiger partial charge in [0.05, 0.1) is 17.1 Å². The van der Waals surface area contributed by atoms with Crippen molar-refractivity contribution in [2.45, 2.75) is 5.16 Å². The van der Waals surface area contributed by atoms with Crippen LogP contribution >= 0.6 is 11.8 Å². The highest BCUT2D eigenvalue weighted by atomic mass is 32.2. The Labute approximate surface area is 189 Å². The van der Waals surface area contributed by atoms with Crippen LogP contribution < -0.4 is 10.2 Å². The molecular weight excluding hydrogens is 422 g/mol. The van der Waals surface area contributed by atoms with Crippen LogP contribution in [0.5, 0.6) is 0 Å². The number of anilines is 2. The lowest BCUT2D eigenvalue weighted by Crippen LogP contribution is -2.43. The second-order valence-corrected chi connectivity index (χ2v) is 8.12. The normalized spacial score (nSPS) is 12.9. The first-order chi connectivity index (χ1) is 15.7. The highest BCUT2D eigenvalue weighted by Gasteiger charge is 2.27. The first-order valence-corrected chi connectivity index (χ1v) is 11.1. The van der Waals surface area contributed by atoms with Crippen LogP contribution in [0.15, 0.2) is 90.1 Å². The van der Waals surface area contributed by atoms with Crippen LogP contribution in [-0.4, -0.2) is 38.9 Å². The zero-order valence-electron chi connectivity index (χ0n) is 17.0. The lowest BCUT2D eigenvalue weighted by atomic mass is 10.2. The van der Waals surface area contributed by atoms with E-state index in [-0.39, 0.29) is 24.1 Å². The van der Waals surface area contributed by atoms with Crippen molar-refractivity contribution in [1.82, 2.24) is 14.8 Å². The number of para-hydroxylation sites is 3. The maximum absolute atomic E-state index is 13.1. The maximum atomic E-state index is 13.1. The van der Waals surface area contributed by atoms with E-state index in [9.17, 15) is 9.59 Å². The van der Waals surface area contributed by atoms with Crippen LogP contribution in [-0.2, 0) is 9.59 Å². The van der Waals surface area contributed by atoms with E-state index in [1.54, 1.807) is 6.07 Å². The molecule has 0 saturated heterocycles. The fraction of sp³-hybridized carbons (Fsp3) is 0.0833. The Balaban J connectivity index is 1.44. The third-order valence-corrected chi connectivity index (χ3v) is 5.99. The van der Waals surface area contributed by atoms with Crippen LogP contribution in [0.25, 0.3) is 17.1 Å². The van der Waals surface area contributed by atoms with Crippen molar-refractivity contribution in [1.29, 1.82) is 0 Å². The molecule has 158 valence electrons. The summed E-state index contributed by atoms with van der Waals surface area (Å²) >= 11 is 1.30. The number of carbonyl (C=O) groups excluding carboxylic acids is 2. The smallest absolute Gasteiger partial charge is 0.244 e. The van der Waals surface area contributed by atoms with Crippen LogP contribution in [0.1, 0.15) is 0 Å². The summed E-state index contributed by atoms with van der Waals surface area (Å²) in [6.45, 7) is -0.00293. The van der Waals surface area contributed by atoms with Gasteiger partial charge < -0.3 is 10.2 Å². The molecular formula is C24H19N5O2S. The SMILES string of the molecule is O=C1CN(C(=O)CSc2nnc(-c3ccccc3)n2-c2ccccc2)c2ccccc2N1. The molecule has 32 heavy (non-hydrogen) atoms. The summed E-state index contributed by atoms with van der Waals surface area (Å²) in [4.78, 5) is 26.7. The van der Waals surface area contributed by atoms with Gasteiger partial charge in [-0.3, -0.25) is 14.2 Å². The molecule has 0 bridgehead atoms. The molecule has 3 aromatic carbocycles. The van der Waals surface area contributed by atoms with Crippen molar-refractivity contribution >= 4 is 35.0 Å². The zero-order valence-corrected chi connectivity index (χ0v) is 17.8. The molecule has 0 fully saturated rings. The maximum Gasteiger partial charge on any atom is 0.244 e. The molecule has 0 saturated carbocycles. The average Bonchev–Trinajstić information content (AvgIpc) is 3.27. The minimum atomic E-state index is -0.208. The second kappa shape index (κ2) is 8.68. The Morgan fingerprint density at radius 2 is 1.59 bits per heavy atom. The van der Waals surface area contributed by atoms with Gasteiger partial charge >= 0.3 is 0 Å². The number of nitrogens with zero attached hydrogens (tertiary/aromatic N) is 4. The average molecular weight is 442 g/mol. The molecule has 2 heterocycles. The number of aromatic nitrogens is 3. The number of hydrogen-bond acceptors (Lipinski definition) is 5. The fourth-order valence-corrected chi connectivity index (χ4v) is 4.44. The molecule has 0 unspecified atom stereocenters. The first kappa shape index (κ1) is 20.0. The van der Waals surface area contributed by atoms with E-state index in [0.717, 1.165) is 11.3 Å². The van der Waals surface area contributed by atoms with E-state index < -0.39 is 0 Å². The second-order valence-electron chi connectivity index (χ2n) is 7.18. The number of nitrogens with one attached hydrogen (secondary N) is 1. The molecule has 5 rings (SSSR count). The molecule has 0 atom stereocenters. The quantitative estimate of drug-likeness (QED) is 0.474. The summed E-state index contributed by atoms with van der Waals surface area (Å²) in [5.41, 5.74) is 3.19. The Morgan fingerprint density at radius 1 is 0.906 bits per heavy atom. The monoisotopic (exact) mass is 441 g/mol. The fourth-order valence-electron chi connectivity index (χ4n) is 3.61. The van der Waals surface area contributed by atoms with Crippen molar-refractivity contribution in [2.24, 2.45) is 0 Å². The topological polar surface area (TPSA) is 80.1 Å². The molecule has 1 N–H and O–H groups in total. The summed E-state index contributed by atoms with van der Waals surface area (Å²) < 4.78 is 1.95. The largest absolute Gasteiger partial charge is 0.323 e. The van der Waals surface area contributed by atoms with Gasteiger partial charge in [-0.1, -0.05) is 72.4 Å². The molecule has 8 heteroatoms. The summed E-state index contributed by atoms with van der Waals surface area (Å²) in [6.07, 6.45) is 0. The summed E-state index contributed by atoms with van der Waals surface area (Å²) in [7, 11) is 0. The minimum absolute atomic E-state index is 0.00293. The number of thioether (sulfide) groups is 1. The van der Waals surface area contributed by atoms with Gasteiger partial charge in [0, 0.05) is 11.3 Å². The highest BCUT2D eigenvalue weighted by Crippen LogP contribution is 2.31. The van der Waals surface area contributed by atoms with E-state index >= 15 is 0 Å². The number of hydrogen-bond donors (Lipinski definition) is 1. The van der Waals surface area contributed by atoms with Crippen LogP contribution in [0.2, 0.25) is 0 Å². The van der Waals surface area contributed by atoms with E-state index in [0.29, 0.717) is 22.4 Å². The lowest BCUT2D eigenvalue weighted by Gasteiger charge is -2.29. The molecule has 1 aliphatic heterocycles. The Hall–Kier alpha value is -3.91. The summed E-state index contributed by atoms with van der Waals surface area (Å²) in [6, 6.07) is 26.9. The molecule has 1 aromatic heterocycles. The van der Waals surface area contributed by atoms with Crippen LogP contribution in [0, 0.1) is 0 Å². The predicted molar refractivity (Wildman–Crippen MR) is 125 cm³/mol. The standard InChI is InChI=1S/C24H19N5O2S/c30-21-15-28(20-14-8-7-13-19(20)25-21)22(31)16-32-24-27-26-23(17-9-3-1-4-10-17)29(24)18-11-5-2-6-12-18/h1-14H,15-16H2,(H,25,30). The number of rotatable bonds is 5. The molecule has 4 aromatic rings. The summed E-state index contributed by atoms with van der Waals surface area (Å²) in [5, 5.41) is 12.2. The van der Waals surface area contributed by atoms with Crippen molar-refractivity contribution in [3.8, 4) is 17.1 Å². The van der Waals surface area contributed by atoms with Gasteiger partial charge in [-0.15, -0.1) is 10.2 Å². The van der Waals surface area contributed by atoms with Gasteiger partial charge in [0.15, 0.2) is 11.0 Å². The van der Waals surface area contributed by atoms with Gasteiger partial charge in [-0.2, -0.15) is 0 Å². The van der Waals surface area contributed by atoms with E-state index in [1.165, 1.54) is 16.7 Å². The van der Waals surface area contributed by atoms with Crippen molar-refractivity contribution in [2.75, 3.05) is 22.5 Å². The van der Waals surface area contributed by atoms with Gasteiger partial charge in [0.1, 0.15) is 6.54 Å². The molecule has 1 aliphatic rings. The van der Waals surface area contributed by atoms with Crippen molar-refractivity contribution < 1.29 is 9.59 Å². The molecule has 2 amide bonds. The Bertz CT molecular complexity index is 1270. The molecule has 0 radical (unpaired) electrons. The Kier molecular flexibility index (Phi) is 5.43. The third-order valence-electron chi connectivity index (χ3n) is 5.08. The van der Waals surface area contributed by atoms with E-state index in [4.69, 9.17) is 0 Å². The van der Waals surface area contributed by atoms with Crippen molar-refractivity contribution in [3.05, 3.63) is 84.9 Å². The van der Waals surface area contributed by atoms with Gasteiger partial charge in [0.25, 0.3) is 0 Å². The zero-order chi connectivity index (χ0) is 21.9. The molecule has 0 aliphatic carbocycles. The minimum Gasteiger partial charge on any atom is -0.323 e.